The number of aliphatic hydroxyl groups is 1. The molecule has 3 N–H and O–H groups in total. The zero-order valence-electron chi connectivity index (χ0n) is 40.4. The van der Waals surface area contributed by atoms with E-state index in [9.17, 15) is 5.11 Å². The van der Waals surface area contributed by atoms with Crippen molar-refractivity contribution in [2.45, 2.75) is 0 Å². The van der Waals surface area contributed by atoms with Gasteiger partial charge in [-0.25, -0.2) is 9.97 Å². The average molecular weight is 949 g/mol. The third-order valence-corrected chi connectivity index (χ3v) is 14.2. The second-order valence-electron chi connectivity index (χ2n) is 18.6. The molecule has 0 saturated heterocycles. The quantitative estimate of drug-likeness (QED) is 0.135. The van der Waals surface area contributed by atoms with E-state index in [2.05, 4.69) is 265 Å². The second-order valence-corrected chi connectivity index (χ2v) is 18.6. The van der Waals surface area contributed by atoms with Gasteiger partial charge in [0.2, 0.25) is 0 Å². The van der Waals surface area contributed by atoms with Crippen LogP contribution in [0.15, 0.2) is 243 Å². The molecule has 3 aromatic heterocycles. The van der Waals surface area contributed by atoms with Crippen LogP contribution in [-0.2, 0) is 0 Å². The van der Waals surface area contributed by atoms with Crippen LogP contribution in [0.5, 0.6) is 0 Å². The van der Waals surface area contributed by atoms with E-state index in [1.807, 2.05) is 6.07 Å². The zero-order chi connectivity index (χ0) is 49.4. The summed E-state index contributed by atoms with van der Waals surface area (Å²) in [4.78, 5) is 20.0. The molecule has 0 aliphatic carbocycles. The lowest BCUT2D eigenvalue weighted by atomic mass is 9.91. The van der Waals surface area contributed by atoms with Gasteiger partial charge in [-0.05, 0) is 62.7 Å². The highest BCUT2D eigenvalue weighted by molar-refractivity contribution is 6.16. The molecule has 0 spiro atoms. The van der Waals surface area contributed by atoms with Crippen molar-refractivity contribution in [2.75, 3.05) is 6.61 Å². The average Bonchev–Trinajstić information content (AvgIpc) is 4.31. The summed E-state index contributed by atoms with van der Waals surface area (Å²) in [5.74, 6) is 0. The minimum Gasteiger partial charge on any atom is -0.392 e. The van der Waals surface area contributed by atoms with Gasteiger partial charge in [0.1, 0.15) is 0 Å². The molecule has 5 heterocycles. The Morgan fingerprint density at radius 1 is 0.270 bits per heavy atom. The van der Waals surface area contributed by atoms with Crippen molar-refractivity contribution in [1.82, 2.24) is 19.9 Å². The number of aliphatic hydroxyl groups excluding tert-OH is 1. The molecule has 0 unspecified atom stereocenters. The van der Waals surface area contributed by atoms with Crippen molar-refractivity contribution >= 4 is 45.9 Å². The zero-order valence-corrected chi connectivity index (χ0v) is 40.4. The largest absolute Gasteiger partial charge is 0.392 e. The number of aromatic amines is 2. The first-order chi connectivity index (χ1) is 36.7. The minimum absolute atomic E-state index is 0.245. The molecule has 8 bridgehead atoms. The van der Waals surface area contributed by atoms with Gasteiger partial charge in [0, 0.05) is 50.1 Å². The summed E-state index contributed by atoms with van der Waals surface area (Å²) in [5, 5.41) is 11.8. The fraction of sp³-hybridized carbons (Fsp3) is 0.0145. The van der Waals surface area contributed by atoms with Crippen molar-refractivity contribution in [3.63, 3.8) is 0 Å². The lowest BCUT2D eigenvalue weighted by Gasteiger charge is -2.12. The van der Waals surface area contributed by atoms with Crippen LogP contribution >= 0.6 is 0 Å². The number of aromatic nitrogens is 4. The maximum absolute atomic E-state index is 11.8. The maximum Gasteiger partial charge on any atom is 0.0792 e. The molecule has 74 heavy (non-hydrogen) atoms. The first kappa shape index (κ1) is 44.3. The smallest absolute Gasteiger partial charge is 0.0792 e. The van der Waals surface area contributed by atoms with Crippen LogP contribution in [0.1, 0.15) is 22.8 Å². The van der Waals surface area contributed by atoms with Gasteiger partial charge in [0.25, 0.3) is 0 Å². The first-order valence-corrected chi connectivity index (χ1v) is 25.1. The first-order valence-electron chi connectivity index (χ1n) is 25.1. The molecule has 0 radical (unpaired) electrons. The topological polar surface area (TPSA) is 77.6 Å². The van der Waals surface area contributed by atoms with Crippen LogP contribution in [0.3, 0.4) is 0 Å². The van der Waals surface area contributed by atoms with Gasteiger partial charge in [-0.2, -0.15) is 0 Å². The third-order valence-electron chi connectivity index (χ3n) is 14.2. The molecule has 0 atom stereocenters. The normalized spacial score (nSPS) is 11.9. The van der Waals surface area contributed by atoms with Gasteiger partial charge in [-0.3, -0.25) is 0 Å². The van der Waals surface area contributed by atoms with Gasteiger partial charge >= 0.3 is 0 Å². The molecular weight excluding hydrogens is 901 g/mol. The molecule has 11 aromatic rings. The van der Waals surface area contributed by atoms with Crippen molar-refractivity contribution in [3.05, 3.63) is 265 Å². The molecule has 2 aliphatic rings. The molecule has 5 nitrogen and oxygen atoms in total. The van der Waals surface area contributed by atoms with Crippen LogP contribution in [0, 0.1) is 0 Å². The van der Waals surface area contributed by atoms with Gasteiger partial charge in [-0.15, -0.1) is 0 Å². The molecular formula is C69H48N4O. The molecule has 0 amide bonds. The van der Waals surface area contributed by atoms with Crippen molar-refractivity contribution in [3.8, 4) is 89.0 Å². The maximum atomic E-state index is 11.8. The van der Waals surface area contributed by atoms with E-state index in [0.717, 1.165) is 128 Å². The number of benzene rings is 8. The van der Waals surface area contributed by atoms with E-state index in [4.69, 9.17) is 9.97 Å². The number of rotatable bonds is 9. The standard InChI is InChI=1S/C69H48N4O/c74-44-53-43-56-59(47-29-13-3-14-30-47)68-61(49-33-17-5-18-34-49)60(48-31-15-4-16-32-48)66(72-68)57(45-25-9-1-10-26-45)54-41-42-55(70-54)58(46-27-11-2-12-28-46)67-62(50-35-19-6-20-36-50)63(51-37-21-7-22-38-51)69(73-67)64(65(53)71-56)52-39-23-8-24-40-52/h1-43,72-74H,44H2. The van der Waals surface area contributed by atoms with Gasteiger partial charge in [0.15, 0.2) is 0 Å². The summed E-state index contributed by atoms with van der Waals surface area (Å²) in [6, 6.07) is 84.9. The fourth-order valence-corrected chi connectivity index (χ4v) is 11.0. The van der Waals surface area contributed by atoms with E-state index in [1.54, 1.807) is 0 Å². The Morgan fingerprint density at radius 2 is 0.514 bits per heavy atom. The summed E-state index contributed by atoms with van der Waals surface area (Å²) in [6.07, 6.45) is 6.45. The van der Waals surface area contributed by atoms with Crippen LogP contribution in [0.4, 0.5) is 0 Å². The number of H-pyrrole nitrogens is 2. The molecule has 0 saturated carbocycles. The molecule has 8 aromatic carbocycles. The van der Waals surface area contributed by atoms with Gasteiger partial charge in [0.05, 0.1) is 51.4 Å². The summed E-state index contributed by atoms with van der Waals surface area (Å²) in [5.41, 5.74) is 23.3. The highest BCUT2D eigenvalue weighted by Crippen LogP contribution is 2.50. The predicted molar refractivity (Wildman–Crippen MR) is 308 cm³/mol. The molecule has 13 rings (SSSR count). The molecule has 350 valence electrons. The summed E-state index contributed by atoms with van der Waals surface area (Å²) >= 11 is 0. The van der Waals surface area contributed by atoms with Crippen LogP contribution in [0.25, 0.3) is 135 Å². The molecule has 5 heteroatoms. The SMILES string of the molecule is OCC1=Cc2nc1c(-c1ccccc1)c1[nH]c(c(-c3ccccc3)c3nc(c(-c4ccccc4)c4[nH]c(c2-c2ccccc2)c(-c2ccccc2)c4-c2ccccc2)C=C3)c(-c2ccccc2)c1-c1ccccc1. The number of hydrogen-bond acceptors (Lipinski definition) is 3. The van der Waals surface area contributed by atoms with Crippen LogP contribution in [-0.4, -0.2) is 31.6 Å². The Bertz CT molecular complexity index is 4090. The van der Waals surface area contributed by atoms with E-state index >= 15 is 0 Å². The Hall–Kier alpha value is -9.68. The van der Waals surface area contributed by atoms with Crippen molar-refractivity contribution < 1.29 is 5.11 Å². The Kier molecular flexibility index (Phi) is 11.5. The van der Waals surface area contributed by atoms with Crippen LogP contribution in [0.2, 0.25) is 0 Å². The molecule has 0 fully saturated rings. The summed E-state index contributed by atoms with van der Waals surface area (Å²) in [7, 11) is 0. The Labute approximate surface area is 429 Å². The van der Waals surface area contributed by atoms with Gasteiger partial charge < -0.3 is 15.1 Å². The highest BCUT2D eigenvalue weighted by atomic mass is 16.3. The number of hydrogen-bond donors (Lipinski definition) is 3. The van der Waals surface area contributed by atoms with E-state index in [0.29, 0.717) is 11.3 Å². The highest BCUT2D eigenvalue weighted by Gasteiger charge is 2.29. The Balaban J connectivity index is 1.38. The minimum atomic E-state index is -0.245. The molecule has 2 aliphatic heterocycles. The summed E-state index contributed by atoms with van der Waals surface area (Å²) < 4.78 is 0. The monoisotopic (exact) mass is 948 g/mol. The third kappa shape index (κ3) is 7.80. The Morgan fingerprint density at radius 3 is 0.797 bits per heavy atom. The van der Waals surface area contributed by atoms with Crippen molar-refractivity contribution in [2.24, 2.45) is 0 Å². The second kappa shape index (κ2) is 19.2. The van der Waals surface area contributed by atoms with E-state index in [1.165, 1.54) is 0 Å². The van der Waals surface area contributed by atoms with Crippen LogP contribution < -0.4 is 0 Å². The van der Waals surface area contributed by atoms with Crippen molar-refractivity contribution in [1.29, 1.82) is 0 Å². The van der Waals surface area contributed by atoms with E-state index in [-0.39, 0.29) is 6.61 Å². The number of nitrogens with one attached hydrogen (secondary N) is 2. The number of nitrogens with zero attached hydrogens (tertiary/aromatic N) is 2. The fourth-order valence-electron chi connectivity index (χ4n) is 11.0. The number of fused-ring (bicyclic) bond motifs is 8. The van der Waals surface area contributed by atoms with Gasteiger partial charge in [-0.1, -0.05) is 243 Å². The lowest BCUT2D eigenvalue weighted by molar-refractivity contribution is 0.350. The van der Waals surface area contributed by atoms with E-state index < -0.39 is 0 Å². The predicted octanol–water partition coefficient (Wildman–Crippen LogP) is 17.4. The lowest BCUT2D eigenvalue weighted by Crippen LogP contribution is -1.94. The summed E-state index contributed by atoms with van der Waals surface area (Å²) in [6.45, 7) is -0.245.